The minimum atomic E-state index is -0.380. The zero-order valence-corrected chi connectivity index (χ0v) is 18.9. The van der Waals surface area contributed by atoms with Gasteiger partial charge in [-0.25, -0.2) is 4.39 Å². The molecule has 5 nitrogen and oxygen atoms in total. The molecule has 0 spiro atoms. The highest BCUT2D eigenvalue weighted by Gasteiger charge is 2.23. The third-order valence-corrected chi connectivity index (χ3v) is 5.63. The number of anilines is 1. The number of nitrogens with zero attached hydrogens (tertiary/aromatic N) is 1. The molecule has 1 aliphatic rings. The van der Waals surface area contributed by atoms with Crippen LogP contribution in [0.25, 0.3) is 5.57 Å². The van der Waals surface area contributed by atoms with Crippen molar-refractivity contribution in [1.29, 1.82) is 0 Å². The molecule has 0 bridgehead atoms. The Morgan fingerprint density at radius 2 is 1.94 bits per heavy atom. The van der Waals surface area contributed by atoms with E-state index in [0.29, 0.717) is 30.8 Å². The maximum Gasteiger partial charge on any atom is 0.234 e. The SMILES string of the molecule is CC/C=C(\CCNC(=O)CN(C)Cc1cc(F)ccc1NC=O)c1ccc(C2CC2)cc1. The molecule has 1 aliphatic carbocycles. The number of hydrogen-bond acceptors (Lipinski definition) is 3. The van der Waals surface area contributed by atoms with E-state index in [1.54, 1.807) is 11.9 Å². The number of carbonyl (C=O) groups is 2. The van der Waals surface area contributed by atoms with Crippen molar-refractivity contribution in [2.75, 3.05) is 25.5 Å². The molecule has 2 aromatic rings. The highest BCUT2D eigenvalue weighted by Crippen LogP contribution is 2.40. The monoisotopic (exact) mass is 437 g/mol. The van der Waals surface area contributed by atoms with Crippen LogP contribution in [0.5, 0.6) is 0 Å². The summed E-state index contributed by atoms with van der Waals surface area (Å²) in [4.78, 5) is 25.0. The topological polar surface area (TPSA) is 61.4 Å². The lowest BCUT2D eigenvalue weighted by Gasteiger charge is -2.18. The summed E-state index contributed by atoms with van der Waals surface area (Å²) < 4.78 is 13.6. The lowest BCUT2D eigenvalue weighted by Crippen LogP contribution is -2.35. The van der Waals surface area contributed by atoms with Gasteiger partial charge in [0.2, 0.25) is 12.3 Å². The highest BCUT2D eigenvalue weighted by atomic mass is 19.1. The Bertz CT molecular complexity index is 952. The zero-order chi connectivity index (χ0) is 22.9. The van der Waals surface area contributed by atoms with Crippen molar-refractivity contribution >= 4 is 23.6 Å². The number of benzene rings is 2. The van der Waals surface area contributed by atoms with Crippen LogP contribution in [0.1, 0.15) is 55.2 Å². The van der Waals surface area contributed by atoms with Gasteiger partial charge in [-0.15, -0.1) is 0 Å². The van der Waals surface area contributed by atoms with Crippen LogP contribution < -0.4 is 10.6 Å². The normalized spacial score (nSPS) is 13.8. The average molecular weight is 438 g/mol. The predicted octanol–water partition coefficient (Wildman–Crippen LogP) is 4.70. The van der Waals surface area contributed by atoms with Gasteiger partial charge in [0.25, 0.3) is 0 Å². The fraction of sp³-hybridized carbons (Fsp3) is 0.385. The minimum Gasteiger partial charge on any atom is -0.355 e. The predicted molar refractivity (Wildman–Crippen MR) is 127 cm³/mol. The Kier molecular flexibility index (Phi) is 8.56. The fourth-order valence-corrected chi connectivity index (χ4v) is 3.88. The van der Waals surface area contributed by atoms with Crippen LogP contribution in [0.2, 0.25) is 0 Å². The lowest BCUT2D eigenvalue weighted by molar-refractivity contribution is -0.122. The van der Waals surface area contributed by atoms with Crippen LogP contribution in [0, 0.1) is 5.82 Å². The first-order chi connectivity index (χ1) is 15.5. The molecule has 2 N–H and O–H groups in total. The summed E-state index contributed by atoms with van der Waals surface area (Å²) in [5.41, 5.74) is 5.04. The molecule has 3 rings (SSSR count). The van der Waals surface area contributed by atoms with Gasteiger partial charge in [-0.1, -0.05) is 37.3 Å². The van der Waals surface area contributed by atoms with E-state index >= 15 is 0 Å². The van der Waals surface area contributed by atoms with Crippen molar-refractivity contribution in [1.82, 2.24) is 10.2 Å². The molecule has 6 heteroatoms. The molecule has 0 radical (unpaired) electrons. The van der Waals surface area contributed by atoms with E-state index < -0.39 is 0 Å². The number of allylic oxidation sites excluding steroid dienone is 1. The second kappa shape index (κ2) is 11.6. The standard InChI is InChI=1S/C26H32FN3O2/c1-3-4-19(20-5-7-21(8-6-20)22-9-10-22)13-14-28-26(32)17-30(2)16-23-15-24(27)11-12-25(23)29-18-31/h4-8,11-12,15,18,22H,3,9-10,13-14,16-17H2,1-2H3,(H,28,32)(H,29,31)/b19-4+. The van der Waals surface area contributed by atoms with Crippen molar-refractivity contribution in [3.63, 3.8) is 0 Å². The van der Waals surface area contributed by atoms with Gasteiger partial charge in [-0.3, -0.25) is 14.5 Å². The van der Waals surface area contributed by atoms with E-state index in [9.17, 15) is 14.0 Å². The maximum atomic E-state index is 13.6. The molecule has 0 saturated heterocycles. The zero-order valence-electron chi connectivity index (χ0n) is 18.9. The van der Waals surface area contributed by atoms with Gasteiger partial charge in [0, 0.05) is 18.8 Å². The summed E-state index contributed by atoms with van der Waals surface area (Å²) in [5.74, 6) is 0.278. The van der Waals surface area contributed by atoms with E-state index in [2.05, 4.69) is 47.9 Å². The van der Waals surface area contributed by atoms with Crippen LogP contribution in [-0.2, 0) is 16.1 Å². The maximum absolute atomic E-state index is 13.6. The van der Waals surface area contributed by atoms with Gasteiger partial charge in [0.1, 0.15) is 5.82 Å². The first-order valence-corrected chi connectivity index (χ1v) is 11.2. The minimum absolute atomic E-state index is 0.0891. The van der Waals surface area contributed by atoms with Crippen LogP contribution in [-0.4, -0.2) is 37.4 Å². The third kappa shape index (κ3) is 7.02. The molecule has 0 unspecified atom stereocenters. The summed E-state index contributed by atoms with van der Waals surface area (Å²) in [5, 5.41) is 5.55. The van der Waals surface area contributed by atoms with Crippen molar-refractivity contribution in [2.24, 2.45) is 0 Å². The summed E-state index contributed by atoms with van der Waals surface area (Å²) in [6.07, 6.45) is 7.09. The Hall–Kier alpha value is -2.99. The molecule has 0 atom stereocenters. The van der Waals surface area contributed by atoms with Crippen LogP contribution in [0.15, 0.2) is 48.5 Å². The Morgan fingerprint density at radius 3 is 2.59 bits per heavy atom. The van der Waals surface area contributed by atoms with E-state index in [-0.39, 0.29) is 18.3 Å². The van der Waals surface area contributed by atoms with Crippen LogP contribution in [0.3, 0.4) is 0 Å². The summed E-state index contributed by atoms with van der Waals surface area (Å²) in [7, 11) is 1.79. The smallest absolute Gasteiger partial charge is 0.234 e. The van der Waals surface area contributed by atoms with Crippen molar-refractivity contribution < 1.29 is 14.0 Å². The average Bonchev–Trinajstić information content (AvgIpc) is 3.61. The number of carbonyl (C=O) groups excluding carboxylic acids is 2. The first kappa shape index (κ1) is 23.7. The molecule has 2 amide bonds. The van der Waals surface area contributed by atoms with Crippen molar-refractivity contribution in [3.8, 4) is 0 Å². The Balaban J connectivity index is 1.48. The molecule has 0 heterocycles. The van der Waals surface area contributed by atoms with Gasteiger partial charge in [-0.05, 0) is 79.1 Å². The quantitative estimate of drug-likeness (QED) is 0.473. The summed E-state index contributed by atoms with van der Waals surface area (Å²) >= 11 is 0. The molecule has 32 heavy (non-hydrogen) atoms. The summed E-state index contributed by atoms with van der Waals surface area (Å²) in [6.45, 7) is 3.20. The molecular weight excluding hydrogens is 405 g/mol. The second-order valence-corrected chi connectivity index (χ2v) is 8.37. The van der Waals surface area contributed by atoms with Gasteiger partial charge >= 0.3 is 0 Å². The lowest BCUT2D eigenvalue weighted by atomic mass is 9.99. The van der Waals surface area contributed by atoms with Crippen molar-refractivity contribution in [3.05, 3.63) is 71.0 Å². The second-order valence-electron chi connectivity index (χ2n) is 8.37. The molecule has 170 valence electrons. The van der Waals surface area contributed by atoms with E-state index in [4.69, 9.17) is 0 Å². The van der Waals surface area contributed by atoms with Gasteiger partial charge in [0.15, 0.2) is 0 Å². The van der Waals surface area contributed by atoms with Gasteiger partial charge < -0.3 is 10.6 Å². The van der Waals surface area contributed by atoms with E-state index in [1.807, 2.05) is 0 Å². The highest BCUT2D eigenvalue weighted by molar-refractivity contribution is 5.78. The Labute approximate surface area is 189 Å². The number of rotatable bonds is 12. The molecule has 1 saturated carbocycles. The summed E-state index contributed by atoms with van der Waals surface area (Å²) in [6, 6.07) is 13.0. The van der Waals surface area contributed by atoms with Crippen molar-refractivity contribution in [2.45, 2.75) is 45.1 Å². The van der Waals surface area contributed by atoms with Gasteiger partial charge in [0.05, 0.1) is 6.54 Å². The molecule has 0 aliphatic heterocycles. The first-order valence-electron chi connectivity index (χ1n) is 11.2. The van der Waals surface area contributed by atoms with Gasteiger partial charge in [-0.2, -0.15) is 0 Å². The van der Waals surface area contributed by atoms with E-state index in [0.717, 1.165) is 18.8 Å². The number of hydrogen-bond donors (Lipinski definition) is 2. The molecule has 1 fully saturated rings. The largest absolute Gasteiger partial charge is 0.355 e. The number of likely N-dealkylation sites (N-methyl/N-ethyl adjacent to an activating group) is 1. The number of halogens is 1. The molecule has 0 aromatic heterocycles. The fourth-order valence-electron chi connectivity index (χ4n) is 3.88. The van der Waals surface area contributed by atoms with E-state index in [1.165, 1.54) is 47.7 Å². The Morgan fingerprint density at radius 1 is 1.19 bits per heavy atom. The number of nitrogens with one attached hydrogen (secondary N) is 2. The van der Waals surface area contributed by atoms with Crippen LogP contribution >= 0.6 is 0 Å². The molecular formula is C26H32FN3O2. The number of amides is 2. The van der Waals surface area contributed by atoms with Crippen LogP contribution in [0.4, 0.5) is 10.1 Å². The third-order valence-electron chi connectivity index (χ3n) is 5.63. The molecule has 2 aromatic carbocycles.